The second-order valence-electron chi connectivity index (χ2n) is 17.3. The van der Waals surface area contributed by atoms with Gasteiger partial charge in [-0.15, -0.1) is 0 Å². The number of nitriles is 1. The van der Waals surface area contributed by atoms with Crippen LogP contribution < -0.4 is 10.6 Å². The van der Waals surface area contributed by atoms with Gasteiger partial charge in [-0.1, -0.05) is 0 Å². The van der Waals surface area contributed by atoms with Crippen molar-refractivity contribution in [2.75, 3.05) is 44.6 Å². The lowest BCUT2D eigenvalue weighted by molar-refractivity contribution is -0.134. The molecule has 16 heteroatoms. The van der Waals surface area contributed by atoms with E-state index in [9.17, 15) is 24.8 Å². The highest BCUT2D eigenvalue weighted by atomic mass is 19.1. The van der Waals surface area contributed by atoms with Crippen LogP contribution in [-0.2, 0) is 21.7 Å². The Bertz CT molecular complexity index is 2510. The van der Waals surface area contributed by atoms with E-state index in [-0.39, 0.29) is 30.4 Å². The van der Waals surface area contributed by atoms with Crippen LogP contribution >= 0.6 is 0 Å². The van der Waals surface area contributed by atoms with Crippen molar-refractivity contribution in [3.05, 3.63) is 94.4 Å². The molecule has 1 saturated carbocycles. The molecule has 0 radical (unpaired) electrons. The topological polar surface area (TPSA) is 164 Å². The van der Waals surface area contributed by atoms with E-state index < -0.39 is 35.0 Å². The number of hydrogen-bond acceptors (Lipinski definition) is 10. The van der Waals surface area contributed by atoms with Gasteiger partial charge in [-0.2, -0.15) is 15.5 Å². The normalized spacial score (nSPS) is 22.5. The number of aromatic nitrogens is 4. The number of imide groups is 1. The fraction of sp³-hybridized carbons (Fsp3) is 0.455. The van der Waals surface area contributed by atoms with Gasteiger partial charge in [0.25, 0.3) is 5.91 Å². The van der Waals surface area contributed by atoms with Crippen molar-refractivity contribution in [2.45, 2.75) is 88.6 Å². The standard InChI is InChI=1S/C44H48F2N10O4/c1-44(2,60)34-19-37-28(18-38(34)49-43(59)39-9-7-31-15-27(20-47)21-48-56(31)39)23-55(51-37)30-5-3-29(4-6-30)53-11-13-54(14-12-53)32-24-52(25-32)22-26-16-35(45)41(36(46)17-26)33-8-10-40(57)50-42(33)58/h7,9,15-19,21,23,29-30,32-33,60H,3-6,8,10-14,22,24-25H2,1-2H3,(H,49,59)(H,50,57,58)/t29?,30?,33-/m1/s1. The molecule has 4 fully saturated rings. The molecule has 3 saturated heterocycles. The molecule has 1 atom stereocenters. The Labute approximate surface area is 345 Å². The zero-order valence-corrected chi connectivity index (χ0v) is 33.7. The van der Waals surface area contributed by atoms with Crippen molar-refractivity contribution < 1.29 is 28.3 Å². The minimum atomic E-state index is -1.25. The van der Waals surface area contributed by atoms with E-state index in [2.05, 4.69) is 36.5 Å². The molecule has 0 spiro atoms. The monoisotopic (exact) mass is 818 g/mol. The Hall–Kier alpha value is -5.60. The third-order valence-corrected chi connectivity index (χ3v) is 12.9. The third kappa shape index (κ3) is 7.78. The van der Waals surface area contributed by atoms with Gasteiger partial charge >= 0.3 is 0 Å². The summed E-state index contributed by atoms with van der Waals surface area (Å²) in [6.07, 6.45) is 7.74. The van der Waals surface area contributed by atoms with E-state index in [0.29, 0.717) is 52.2 Å². The maximum atomic E-state index is 15.1. The van der Waals surface area contributed by atoms with Gasteiger partial charge in [0.15, 0.2) is 0 Å². The third-order valence-electron chi connectivity index (χ3n) is 12.9. The highest BCUT2D eigenvalue weighted by Crippen LogP contribution is 2.36. The number of fused-ring (bicyclic) bond motifs is 2. The summed E-state index contributed by atoms with van der Waals surface area (Å²) in [7, 11) is 0. The zero-order chi connectivity index (χ0) is 41.9. The molecule has 14 nitrogen and oxygen atoms in total. The molecule has 60 heavy (non-hydrogen) atoms. The Morgan fingerprint density at radius 2 is 1.63 bits per heavy atom. The van der Waals surface area contributed by atoms with Gasteiger partial charge in [0.05, 0.1) is 40.4 Å². The molecule has 1 aliphatic carbocycles. The highest BCUT2D eigenvalue weighted by molar-refractivity contribution is 6.05. The lowest BCUT2D eigenvalue weighted by atomic mass is 9.89. The molecule has 4 aliphatic rings. The fourth-order valence-corrected chi connectivity index (χ4v) is 9.65. The number of amides is 3. The lowest BCUT2D eigenvalue weighted by Crippen LogP contribution is -2.63. The minimum Gasteiger partial charge on any atom is -0.386 e. The number of likely N-dealkylation sites (tertiary alicyclic amines) is 1. The van der Waals surface area contributed by atoms with Gasteiger partial charge in [0.1, 0.15) is 23.4 Å². The SMILES string of the molecule is CC(C)(O)c1cc2nn(C3CCC(N4CCN(C5CN(Cc6cc(F)c([C@H]7CCC(=O)NC7=O)c(F)c6)C5)CC4)CC3)cc2cc1NC(=O)c1ccc2cc(C#N)cnn12. The number of benzene rings is 2. The minimum absolute atomic E-state index is 0.0623. The summed E-state index contributed by atoms with van der Waals surface area (Å²) in [6.45, 7) is 9.43. The predicted molar refractivity (Wildman–Crippen MR) is 218 cm³/mol. The number of nitrogens with one attached hydrogen (secondary N) is 2. The first-order valence-corrected chi connectivity index (χ1v) is 20.8. The van der Waals surface area contributed by atoms with Crippen molar-refractivity contribution in [3.63, 3.8) is 0 Å². The molecule has 3 aliphatic heterocycles. The van der Waals surface area contributed by atoms with Crippen LogP contribution in [0.25, 0.3) is 16.4 Å². The van der Waals surface area contributed by atoms with Crippen LogP contribution in [0.3, 0.4) is 0 Å². The summed E-state index contributed by atoms with van der Waals surface area (Å²) in [5.41, 5.74) is 2.16. The number of anilines is 1. The summed E-state index contributed by atoms with van der Waals surface area (Å²) >= 11 is 0. The molecule has 3 aromatic heterocycles. The molecule has 312 valence electrons. The lowest BCUT2D eigenvalue weighted by Gasteiger charge is -2.49. The first-order valence-electron chi connectivity index (χ1n) is 20.8. The van der Waals surface area contributed by atoms with Gasteiger partial charge in [0, 0.05) is 92.7 Å². The first-order chi connectivity index (χ1) is 28.8. The van der Waals surface area contributed by atoms with E-state index in [4.69, 9.17) is 5.10 Å². The molecule has 3 N–H and O–H groups in total. The molecular weight excluding hydrogens is 771 g/mol. The Morgan fingerprint density at radius 1 is 0.950 bits per heavy atom. The van der Waals surface area contributed by atoms with Gasteiger partial charge in [-0.25, -0.2) is 13.3 Å². The molecule has 2 aromatic carbocycles. The predicted octanol–water partition coefficient (Wildman–Crippen LogP) is 4.82. The van der Waals surface area contributed by atoms with Crippen LogP contribution in [0.15, 0.2) is 54.9 Å². The largest absolute Gasteiger partial charge is 0.386 e. The molecule has 5 aromatic rings. The summed E-state index contributed by atoms with van der Waals surface area (Å²) < 4.78 is 33.7. The maximum Gasteiger partial charge on any atom is 0.274 e. The number of piperidine rings is 1. The van der Waals surface area contributed by atoms with Gasteiger partial charge in [-0.3, -0.25) is 39.1 Å². The van der Waals surface area contributed by atoms with Crippen LogP contribution in [0, 0.1) is 23.0 Å². The second kappa shape index (κ2) is 15.8. The van der Waals surface area contributed by atoms with Gasteiger partial charge in [-0.05, 0) is 94.0 Å². The number of nitrogens with zero attached hydrogens (tertiary/aromatic N) is 8. The van der Waals surface area contributed by atoms with Crippen molar-refractivity contribution in [1.29, 1.82) is 5.26 Å². The van der Waals surface area contributed by atoms with Crippen LogP contribution in [0.2, 0.25) is 0 Å². The molecule has 9 rings (SSSR count). The van der Waals surface area contributed by atoms with Crippen molar-refractivity contribution in [2.24, 2.45) is 0 Å². The number of hydrogen-bond donors (Lipinski definition) is 3. The first kappa shape index (κ1) is 39.8. The number of piperazine rings is 1. The van der Waals surface area contributed by atoms with Crippen LogP contribution in [-0.4, -0.2) is 108 Å². The molecular formula is C44H48F2N10O4. The van der Waals surface area contributed by atoms with Crippen molar-refractivity contribution in [1.82, 2.24) is 39.4 Å². The number of rotatable bonds is 9. The van der Waals surface area contributed by atoms with Gasteiger partial charge in [0.2, 0.25) is 11.8 Å². The van der Waals surface area contributed by atoms with Crippen molar-refractivity contribution in [3.8, 4) is 6.07 Å². The summed E-state index contributed by atoms with van der Waals surface area (Å²) in [5.74, 6) is -3.93. The summed E-state index contributed by atoms with van der Waals surface area (Å²) in [4.78, 5) is 44.6. The Morgan fingerprint density at radius 3 is 2.30 bits per heavy atom. The summed E-state index contributed by atoms with van der Waals surface area (Å²) in [5, 5.41) is 35.6. The Balaban J connectivity index is 0.768. The van der Waals surface area contributed by atoms with E-state index >= 15 is 8.78 Å². The van der Waals surface area contributed by atoms with E-state index in [1.807, 2.05) is 23.0 Å². The number of halogens is 2. The van der Waals surface area contributed by atoms with E-state index in [1.54, 1.807) is 32.0 Å². The average Bonchev–Trinajstić information content (AvgIpc) is 3.83. The fourth-order valence-electron chi connectivity index (χ4n) is 9.65. The highest BCUT2D eigenvalue weighted by Gasteiger charge is 2.37. The second-order valence-corrected chi connectivity index (χ2v) is 17.3. The number of aliphatic hydroxyl groups is 1. The Kier molecular flexibility index (Phi) is 10.5. The number of carbonyl (C=O) groups excluding carboxylic acids is 3. The quantitative estimate of drug-likeness (QED) is 0.176. The van der Waals surface area contributed by atoms with E-state index in [0.717, 1.165) is 75.9 Å². The number of carbonyl (C=O) groups is 3. The molecule has 6 heterocycles. The van der Waals surface area contributed by atoms with E-state index in [1.165, 1.54) is 22.8 Å². The smallest absolute Gasteiger partial charge is 0.274 e. The average molecular weight is 819 g/mol. The molecule has 0 unspecified atom stereocenters. The molecule has 3 amide bonds. The van der Waals surface area contributed by atoms with Crippen LogP contribution in [0.1, 0.15) is 97.1 Å². The maximum absolute atomic E-state index is 15.1. The van der Waals surface area contributed by atoms with Crippen molar-refractivity contribution >= 4 is 39.8 Å². The molecule has 0 bridgehead atoms. The van der Waals surface area contributed by atoms with Crippen LogP contribution in [0.5, 0.6) is 0 Å². The zero-order valence-electron chi connectivity index (χ0n) is 33.7. The summed E-state index contributed by atoms with van der Waals surface area (Å²) in [6, 6.07) is 14.7. The van der Waals surface area contributed by atoms with Gasteiger partial charge < -0.3 is 10.4 Å². The van der Waals surface area contributed by atoms with Crippen LogP contribution in [0.4, 0.5) is 14.5 Å².